The van der Waals surface area contributed by atoms with Crippen LogP contribution in [-0.2, 0) is 6.42 Å². The number of rotatable bonds is 8. The summed E-state index contributed by atoms with van der Waals surface area (Å²) in [7, 11) is 0. The van der Waals surface area contributed by atoms with E-state index in [1.54, 1.807) is 0 Å². The predicted molar refractivity (Wildman–Crippen MR) is 124 cm³/mol. The fourth-order valence-corrected chi connectivity index (χ4v) is 3.52. The van der Waals surface area contributed by atoms with E-state index in [0.29, 0.717) is 0 Å². The Labute approximate surface area is 215 Å². The monoisotopic (exact) mass is 562 g/mol. The molecular weight excluding hydrogens is 546 g/mol. The van der Waals surface area contributed by atoms with Gasteiger partial charge in [0.25, 0.3) is 5.91 Å². The molecule has 0 aliphatic rings. The lowest BCUT2D eigenvalue weighted by Crippen LogP contribution is -2.17. The maximum absolute atomic E-state index is 12.8. The number of Topliss-reactive ketones (excluding diaryl/α,β-unsaturated/α-hetero) is 1. The predicted octanol–water partition coefficient (Wildman–Crippen LogP) is 6.49. The number of ether oxygens (including phenoxy) is 2. The maximum atomic E-state index is 12.8. The van der Waals surface area contributed by atoms with E-state index in [1.807, 2.05) is 0 Å². The molecule has 1 amide bonds. The topological polar surface area (TPSA) is 111 Å². The van der Waals surface area contributed by atoms with Crippen LogP contribution in [0.3, 0.4) is 0 Å². The number of alkyl halides is 6. The van der Waals surface area contributed by atoms with Crippen LogP contribution >= 0.6 is 11.6 Å². The lowest BCUT2D eigenvalue weighted by molar-refractivity contribution is -0.275. The molecule has 0 saturated heterocycles. The van der Waals surface area contributed by atoms with E-state index in [0.717, 1.165) is 48.5 Å². The molecule has 0 aromatic heterocycles. The zero-order valence-corrected chi connectivity index (χ0v) is 19.7. The van der Waals surface area contributed by atoms with Gasteiger partial charge in [0, 0.05) is 22.8 Å². The van der Waals surface area contributed by atoms with Gasteiger partial charge in [0.15, 0.2) is 5.78 Å². The number of halogens is 7. The SMILES string of the molecule is Nc1ccc(OC(F)(F)F)cc1CCC(=O)c1cc(Cl)cc(C(=O)Nc2ccc(OC(F)(F)F)cc2)c1O. The van der Waals surface area contributed by atoms with Gasteiger partial charge >= 0.3 is 12.7 Å². The molecule has 0 bridgehead atoms. The van der Waals surface area contributed by atoms with Gasteiger partial charge in [-0.05, 0) is 66.6 Å². The molecule has 3 aromatic carbocycles. The van der Waals surface area contributed by atoms with Crippen molar-refractivity contribution in [3.05, 3.63) is 76.3 Å². The molecule has 0 aliphatic carbocycles. The number of phenols is 1. The third-order valence-electron chi connectivity index (χ3n) is 4.93. The van der Waals surface area contributed by atoms with Gasteiger partial charge in [-0.15, -0.1) is 26.3 Å². The van der Waals surface area contributed by atoms with Crippen LogP contribution in [0, 0.1) is 0 Å². The normalized spacial score (nSPS) is 11.7. The Balaban J connectivity index is 1.74. The standard InChI is InChI=1S/C24H17ClF6N2O5/c25-13-10-17(20(34)8-1-12-9-16(6-7-19(12)32)38-24(29,30)31)21(35)18(11-13)22(36)33-14-2-4-15(5-3-14)37-23(26,27)28/h2-7,9-11,35H,1,8,32H2,(H,33,36). The molecule has 0 fully saturated rings. The van der Waals surface area contributed by atoms with Gasteiger partial charge in [-0.3, -0.25) is 9.59 Å². The van der Waals surface area contributed by atoms with Crippen molar-refractivity contribution < 1.29 is 50.5 Å². The number of amides is 1. The minimum atomic E-state index is -4.92. The van der Waals surface area contributed by atoms with Crippen molar-refractivity contribution in [2.24, 2.45) is 0 Å². The van der Waals surface area contributed by atoms with E-state index in [-0.39, 0.29) is 40.4 Å². The van der Waals surface area contributed by atoms with Crippen LogP contribution in [0.2, 0.25) is 5.02 Å². The Morgan fingerprint density at radius 1 is 0.868 bits per heavy atom. The summed E-state index contributed by atoms with van der Waals surface area (Å²) in [5, 5.41) is 12.8. The first-order chi connectivity index (χ1) is 17.6. The van der Waals surface area contributed by atoms with Gasteiger partial charge in [-0.25, -0.2) is 0 Å². The van der Waals surface area contributed by atoms with Gasteiger partial charge in [-0.1, -0.05) is 11.6 Å². The number of ketones is 1. The van der Waals surface area contributed by atoms with Crippen LogP contribution in [0.1, 0.15) is 32.7 Å². The first kappa shape index (κ1) is 28.4. The Morgan fingerprint density at radius 3 is 2.03 bits per heavy atom. The van der Waals surface area contributed by atoms with Crippen molar-refractivity contribution >= 4 is 34.7 Å². The highest BCUT2D eigenvalue weighted by molar-refractivity contribution is 6.31. The van der Waals surface area contributed by atoms with E-state index < -0.39 is 47.2 Å². The lowest BCUT2D eigenvalue weighted by atomic mass is 9.98. The van der Waals surface area contributed by atoms with Crippen molar-refractivity contribution in [1.82, 2.24) is 0 Å². The summed E-state index contributed by atoms with van der Waals surface area (Å²) in [6.07, 6.45) is -10.3. The van der Waals surface area contributed by atoms with Crippen LogP contribution in [0.5, 0.6) is 17.2 Å². The van der Waals surface area contributed by atoms with Gasteiger partial charge < -0.3 is 25.6 Å². The zero-order chi connectivity index (χ0) is 28.3. The number of nitrogens with two attached hydrogens (primary N) is 1. The second-order valence-corrected chi connectivity index (χ2v) is 8.14. The second kappa shape index (κ2) is 11.1. The average molecular weight is 563 g/mol. The number of nitrogen functional groups attached to an aromatic ring is 1. The Hall–Kier alpha value is -4.13. The van der Waals surface area contributed by atoms with Crippen LogP contribution in [0.25, 0.3) is 0 Å². The summed E-state index contributed by atoms with van der Waals surface area (Å²) < 4.78 is 81.9. The molecule has 0 radical (unpaired) electrons. The molecule has 4 N–H and O–H groups in total. The molecule has 7 nitrogen and oxygen atoms in total. The number of aromatic hydroxyl groups is 1. The number of carbonyl (C=O) groups excluding carboxylic acids is 2. The first-order valence-corrected chi connectivity index (χ1v) is 10.9. The molecule has 0 atom stereocenters. The number of anilines is 2. The zero-order valence-electron chi connectivity index (χ0n) is 18.9. The number of benzene rings is 3. The molecule has 38 heavy (non-hydrogen) atoms. The molecular formula is C24H17ClF6N2O5. The van der Waals surface area contributed by atoms with E-state index in [2.05, 4.69) is 14.8 Å². The molecule has 0 aliphatic heterocycles. The summed E-state index contributed by atoms with van der Waals surface area (Å²) in [5.41, 5.74) is 5.37. The molecule has 3 aromatic rings. The van der Waals surface area contributed by atoms with Crippen molar-refractivity contribution in [2.75, 3.05) is 11.1 Å². The highest BCUT2D eigenvalue weighted by atomic mass is 35.5. The number of aryl methyl sites for hydroxylation is 1. The van der Waals surface area contributed by atoms with E-state index >= 15 is 0 Å². The van der Waals surface area contributed by atoms with Crippen LogP contribution in [-0.4, -0.2) is 29.5 Å². The van der Waals surface area contributed by atoms with Crippen LogP contribution < -0.4 is 20.5 Å². The summed E-state index contributed by atoms with van der Waals surface area (Å²) in [6.45, 7) is 0. The van der Waals surface area contributed by atoms with Gasteiger partial charge in [-0.2, -0.15) is 0 Å². The molecule has 0 saturated carbocycles. The Kier molecular flexibility index (Phi) is 8.30. The molecule has 0 unspecified atom stereocenters. The maximum Gasteiger partial charge on any atom is 0.573 e. The van der Waals surface area contributed by atoms with Gasteiger partial charge in [0.2, 0.25) is 0 Å². The minimum Gasteiger partial charge on any atom is -0.506 e. The fraction of sp³-hybridized carbons (Fsp3) is 0.167. The molecule has 0 heterocycles. The highest BCUT2D eigenvalue weighted by Gasteiger charge is 2.32. The van der Waals surface area contributed by atoms with Crippen molar-refractivity contribution in [2.45, 2.75) is 25.6 Å². The van der Waals surface area contributed by atoms with Crippen molar-refractivity contribution in [3.63, 3.8) is 0 Å². The number of carbonyl (C=O) groups is 2. The second-order valence-electron chi connectivity index (χ2n) is 7.71. The molecule has 0 spiro atoms. The van der Waals surface area contributed by atoms with E-state index in [1.165, 1.54) is 6.07 Å². The largest absolute Gasteiger partial charge is 0.573 e. The average Bonchev–Trinajstić information content (AvgIpc) is 2.79. The lowest BCUT2D eigenvalue weighted by Gasteiger charge is -2.13. The van der Waals surface area contributed by atoms with E-state index in [9.17, 15) is 41.0 Å². The Morgan fingerprint density at radius 2 is 1.42 bits per heavy atom. The number of phenolic OH excluding ortho intramolecular Hbond substituents is 1. The molecule has 202 valence electrons. The summed E-state index contributed by atoms with van der Waals surface area (Å²) in [6, 6.07) is 9.54. The summed E-state index contributed by atoms with van der Waals surface area (Å²) >= 11 is 6.01. The Bertz CT molecular complexity index is 1340. The third-order valence-corrected chi connectivity index (χ3v) is 5.15. The molecule has 14 heteroatoms. The van der Waals surface area contributed by atoms with Gasteiger partial charge in [0.1, 0.15) is 17.2 Å². The number of hydrogen-bond donors (Lipinski definition) is 3. The third kappa shape index (κ3) is 7.93. The smallest absolute Gasteiger partial charge is 0.506 e. The summed E-state index contributed by atoms with van der Waals surface area (Å²) in [4.78, 5) is 25.5. The minimum absolute atomic E-state index is 0.0493. The first-order valence-electron chi connectivity index (χ1n) is 10.5. The van der Waals surface area contributed by atoms with Crippen LogP contribution in [0.4, 0.5) is 37.7 Å². The van der Waals surface area contributed by atoms with Crippen molar-refractivity contribution in [1.29, 1.82) is 0 Å². The van der Waals surface area contributed by atoms with Crippen LogP contribution in [0.15, 0.2) is 54.6 Å². The van der Waals surface area contributed by atoms with Crippen molar-refractivity contribution in [3.8, 4) is 17.2 Å². The molecule has 3 rings (SSSR count). The van der Waals surface area contributed by atoms with E-state index in [4.69, 9.17) is 17.3 Å². The fourth-order valence-electron chi connectivity index (χ4n) is 3.30. The number of nitrogens with one attached hydrogen (secondary N) is 1. The number of hydrogen-bond acceptors (Lipinski definition) is 6. The summed E-state index contributed by atoms with van der Waals surface area (Å²) in [5.74, 6) is -3.41. The highest BCUT2D eigenvalue weighted by Crippen LogP contribution is 2.31. The quantitative estimate of drug-likeness (QED) is 0.164. The van der Waals surface area contributed by atoms with Gasteiger partial charge in [0.05, 0.1) is 11.1 Å².